The molecule has 0 bridgehead atoms. The predicted octanol–water partition coefficient (Wildman–Crippen LogP) is 0.430. The van der Waals surface area contributed by atoms with Crippen LogP contribution in [0.3, 0.4) is 0 Å². The van der Waals surface area contributed by atoms with Crippen LogP contribution < -0.4 is 5.73 Å². The predicted molar refractivity (Wildman–Crippen MR) is 28.9 cm³/mol. The van der Waals surface area contributed by atoms with Crippen LogP contribution in [0.1, 0.15) is 19.8 Å². The van der Waals surface area contributed by atoms with Crippen molar-refractivity contribution in [1.82, 2.24) is 5.73 Å². The highest BCUT2D eigenvalue weighted by Gasteiger charge is 1.94. The molecule has 0 fully saturated rings. The van der Waals surface area contributed by atoms with Crippen LogP contribution in [-0.4, -0.2) is 17.8 Å². The Morgan fingerprint density at radius 3 is 2.43 bits per heavy atom. The molecule has 0 saturated carbocycles. The first-order chi connectivity index (χ1) is 3.31. The van der Waals surface area contributed by atoms with Crippen molar-refractivity contribution < 1.29 is 5.11 Å². The number of hydrogen-bond acceptors (Lipinski definition) is 1. The molecule has 1 atom stereocenters. The Morgan fingerprint density at radius 1 is 1.71 bits per heavy atom. The summed E-state index contributed by atoms with van der Waals surface area (Å²) in [4.78, 5) is 0. The molecular formula is C5H12NO. The van der Waals surface area contributed by atoms with E-state index in [1.54, 1.807) is 0 Å². The summed E-state index contributed by atoms with van der Waals surface area (Å²) >= 11 is 0. The monoisotopic (exact) mass is 102 g/mol. The quantitative estimate of drug-likeness (QED) is 0.551. The molecule has 7 heavy (non-hydrogen) atoms. The molecule has 43 valence electrons. The topological polar surface area (TPSA) is 44.0 Å². The standard InChI is InChI=1S/C5H12NO/c1-2-5(6)3-4-7/h5-7H,2-4H2,1H3. The largest absolute Gasteiger partial charge is 0.396 e. The lowest BCUT2D eigenvalue weighted by Crippen LogP contribution is -2.08. The number of aliphatic hydroxyl groups excluding tert-OH is 1. The molecule has 0 aliphatic heterocycles. The van der Waals surface area contributed by atoms with Crippen molar-refractivity contribution in [3.63, 3.8) is 0 Å². The Labute approximate surface area is 44.3 Å². The average molecular weight is 102 g/mol. The maximum atomic E-state index is 8.25. The van der Waals surface area contributed by atoms with Gasteiger partial charge in [-0.1, -0.05) is 6.92 Å². The zero-order valence-corrected chi connectivity index (χ0v) is 4.65. The minimum absolute atomic E-state index is 0.0509. The summed E-state index contributed by atoms with van der Waals surface area (Å²) in [6, 6.07) is -0.0509. The third-order valence-corrected chi connectivity index (χ3v) is 0.970. The first-order valence-electron chi connectivity index (χ1n) is 2.63. The fourth-order valence-corrected chi connectivity index (χ4v) is 0.360. The van der Waals surface area contributed by atoms with Gasteiger partial charge in [0.1, 0.15) is 0 Å². The van der Waals surface area contributed by atoms with Gasteiger partial charge in [0, 0.05) is 12.6 Å². The molecule has 0 rings (SSSR count). The summed E-state index contributed by atoms with van der Waals surface area (Å²) in [6.07, 6.45) is 1.47. The summed E-state index contributed by atoms with van der Waals surface area (Å²) in [5.74, 6) is 0. The Morgan fingerprint density at radius 2 is 2.29 bits per heavy atom. The van der Waals surface area contributed by atoms with E-state index in [-0.39, 0.29) is 12.6 Å². The van der Waals surface area contributed by atoms with Gasteiger partial charge < -0.3 is 5.11 Å². The molecule has 0 saturated heterocycles. The average Bonchev–Trinajstić information content (AvgIpc) is 1.68. The van der Waals surface area contributed by atoms with Crippen LogP contribution in [0.15, 0.2) is 0 Å². The molecule has 1 radical (unpaired) electrons. The van der Waals surface area contributed by atoms with Crippen LogP contribution in [-0.2, 0) is 0 Å². The molecule has 1 unspecified atom stereocenters. The number of rotatable bonds is 3. The van der Waals surface area contributed by atoms with Crippen molar-refractivity contribution in [3.05, 3.63) is 0 Å². The van der Waals surface area contributed by atoms with Gasteiger partial charge in [-0.15, -0.1) is 0 Å². The van der Waals surface area contributed by atoms with Crippen LogP contribution >= 0.6 is 0 Å². The van der Waals surface area contributed by atoms with Gasteiger partial charge in [0.05, 0.1) is 0 Å². The van der Waals surface area contributed by atoms with Gasteiger partial charge >= 0.3 is 0 Å². The van der Waals surface area contributed by atoms with E-state index < -0.39 is 0 Å². The zero-order chi connectivity index (χ0) is 5.70. The fourth-order valence-electron chi connectivity index (χ4n) is 0.360. The molecule has 0 aromatic rings. The Balaban J connectivity index is 2.83. The lowest BCUT2D eigenvalue weighted by Gasteiger charge is -2.01. The van der Waals surface area contributed by atoms with E-state index in [1.807, 2.05) is 6.92 Å². The molecule has 0 aliphatic carbocycles. The molecule has 0 aromatic carbocycles. The van der Waals surface area contributed by atoms with E-state index in [4.69, 9.17) is 10.8 Å². The van der Waals surface area contributed by atoms with Gasteiger partial charge in [0.25, 0.3) is 0 Å². The third-order valence-electron chi connectivity index (χ3n) is 0.970. The van der Waals surface area contributed by atoms with E-state index in [0.717, 1.165) is 6.42 Å². The minimum atomic E-state index is -0.0509. The summed E-state index contributed by atoms with van der Waals surface area (Å²) in [7, 11) is 0. The second kappa shape index (κ2) is 4.09. The highest BCUT2D eigenvalue weighted by molar-refractivity contribution is 4.53. The van der Waals surface area contributed by atoms with Crippen LogP contribution in [0.25, 0.3) is 0 Å². The zero-order valence-electron chi connectivity index (χ0n) is 4.65. The molecule has 0 amide bonds. The van der Waals surface area contributed by atoms with Gasteiger partial charge in [-0.05, 0) is 12.8 Å². The Kier molecular flexibility index (Phi) is 4.04. The highest BCUT2D eigenvalue weighted by atomic mass is 16.3. The van der Waals surface area contributed by atoms with E-state index in [0.29, 0.717) is 6.42 Å². The molecule has 0 heterocycles. The first kappa shape index (κ1) is 6.92. The van der Waals surface area contributed by atoms with Crippen molar-refractivity contribution in [2.75, 3.05) is 6.61 Å². The van der Waals surface area contributed by atoms with Gasteiger partial charge in [0.2, 0.25) is 0 Å². The van der Waals surface area contributed by atoms with Crippen LogP contribution in [0, 0.1) is 0 Å². The maximum absolute atomic E-state index is 8.25. The third kappa shape index (κ3) is 3.76. The van der Waals surface area contributed by atoms with Crippen molar-refractivity contribution >= 4 is 0 Å². The van der Waals surface area contributed by atoms with Crippen molar-refractivity contribution in [2.45, 2.75) is 25.8 Å². The van der Waals surface area contributed by atoms with E-state index >= 15 is 0 Å². The van der Waals surface area contributed by atoms with Crippen molar-refractivity contribution in [3.8, 4) is 0 Å². The van der Waals surface area contributed by atoms with Crippen molar-refractivity contribution in [1.29, 1.82) is 0 Å². The van der Waals surface area contributed by atoms with Gasteiger partial charge in [-0.2, -0.15) is 0 Å². The second-order valence-corrected chi connectivity index (χ2v) is 1.62. The van der Waals surface area contributed by atoms with Crippen molar-refractivity contribution in [2.24, 2.45) is 0 Å². The summed E-state index contributed by atoms with van der Waals surface area (Å²) in [5, 5.41) is 8.25. The number of hydrogen-bond donors (Lipinski definition) is 1. The van der Waals surface area contributed by atoms with Crippen LogP contribution in [0.4, 0.5) is 0 Å². The second-order valence-electron chi connectivity index (χ2n) is 1.62. The van der Waals surface area contributed by atoms with E-state index in [1.165, 1.54) is 0 Å². The first-order valence-corrected chi connectivity index (χ1v) is 2.63. The Hall–Kier alpha value is -0.0800. The maximum Gasteiger partial charge on any atom is 0.0446 e. The SMILES string of the molecule is CCC([NH])CCO. The lowest BCUT2D eigenvalue weighted by molar-refractivity contribution is 0.273. The van der Waals surface area contributed by atoms with Gasteiger partial charge in [-0.25, -0.2) is 0 Å². The molecule has 2 nitrogen and oxygen atoms in total. The number of nitrogens with one attached hydrogen (secondary N) is 1. The van der Waals surface area contributed by atoms with Gasteiger partial charge in [-0.3, -0.25) is 5.73 Å². The fraction of sp³-hybridized carbons (Fsp3) is 1.00. The molecule has 0 spiro atoms. The van der Waals surface area contributed by atoms with E-state index in [2.05, 4.69) is 0 Å². The Bertz CT molecular complexity index is 39.1. The van der Waals surface area contributed by atoms with Crippen LogP contribution in [0.2, 0.25) is 0 Å². The normalized spacial score (nSPS) is 14.1. The van der Waals surface area contributed by atoms with Crippen LogP contribution in [0.5, 0.6) is 0 Å². The molecule has 0 aromatic heterocycles. The minimum Gasteiger partial charge on any atom is -0.396 e. The molecule has 2 N–H and O–H groups in total. The smallest absolute Gasteiger partial charge is 0.0446 e. The molecular weight excluding hydrogens is 90.1 g/mol. The highest BCUT2D eigenvalue weighted by Crippen LogP contribution is 1.91. The lowest BCUT2D eigenvalue weighted by atomic mass is 10.2. The van der Waals surface area contributed by atoms with Gasteiger partial charge in [0.15, 0.2) is 0 Å². The summed E-state index contributed by atoms with van der Waals surface area (Å²) in [5.41, 5.74) is 7.06. The molecule has 2 heteroatoms. The summed E-state index contributed by atoms with van der Waals surface area (Å²) < 4.78 is 0. The summed E-state index contributed by atoms with van der Waals surface area (Å²) in [6.45, 7) is 2.11. The number of aliphatic hydroxyl groups is 1. The molecule has 0 aliphatic rings. The van der Waals surface area contributed by atoms with E-state index in [9.17, 15) is 0 Å².